The maximum absolute atomic E-state index is 12.1. The number of carbonyl (C=O) groups excluding carboxylic acids is 1. The number of pyridine rings is 1. The van der Waals surface area contributed by atoms with Crippen molar-refractivity contribution in [3.05, 3.63) is 47.7 Å². The fraction of sp³-hybridized carbons (Fsp3) is 0.333. The van der Waals surface area contributed by atoms with E-state index >= 15 is 0 Å². The van der Waals surface area contributed by atoms with Crippen LogP contribution in [0.15, 0.2) is 36.4 Å². The summed E-state index contributed by atoms with van der Waals surface area (Å²) < 4.78 is 0. The second-order valence-corrected chi connectivity index (χ2v) is 7.28. The monoisotopic (exact) mass is 346 g/mol. The van der Waals surface area contributed by atoms with E-state index in [-0.39, 0.29) is 5.91 Å². The van der Waals surface area contributed by atoms with E-state index in [4.69, 9.17) is 4.98 Å². The van der Waals surface area contributed by atoms with Gasteiger partial charge in [0, 0.05) is 41.3 Å². The lowest BCUT2D eigenvalue weighted by Gasteiger charge is -2.14. The van der Waals surface area contributed by atoms with Gasteiger partial charge in [-0.3, -0.25) is 4.79 Å². The maximum Gasteiger partial charge on any atom is 0.253 e. The van der Waals surface area contributed by atoms with E-state index in [0.717, 1.165) is 45.7 Å². The first-order valence-electron chi connectivity index (χ1n) is 9.45. The van der Waals surface area contributed by atoms with E-state index in [9.17, 15) is 4.79 Å². The number of aromatic nitrogens is 2. The topological polar surface area (TPSA) is 69.8 Å². The summed E-state index contributed by atoms with van der Waals surface area (Å²) in [6.07, 6.45) is 5.88. The van der Waals surface area contributed by atoms with Crippen LogP contribution < -0.4 is 10.6 Å². The van der Waals surface area contributed by atoms with Crippen LogP contribution in [0.3, 0.4) is 0 Å². The van der Waals surface area contributed by atoms with Crippen LogP contribution in [0.25, 0.3) is 22.2 Å². The van der Waals surface area contributed by atoms with Crippen LogP contribution in [0.2, 0.25) is 0 Å². The highest BCUT2D eigenvalue weighted by molar-refractivity contribution is 6.00. The van der Waals surface area contributed by atoms with Crippen molar-refractivity contribution in [2.24, 2.45) is 0 Å². The average molecular weight is 346 g/mol. The van der Waals surface area contributed by atoms with Crippen molar-refractivity contribution < 1.29 is 4.79 Å². The van der Waals surface area contributed by atoms with Gasteiger partial charge >= 0.3 is 0 Å². The van der Waals surface area contributed by atoms with Crippen LogP contribution in [0, 0.1) is 0 Å². The molecule has 0 bridgehead atoms. The van der Waals surface area contributed by atoms with Crippen molar-refractivity contribution in [1.82, 2.24) is 15.3 Å². The molecule has 5 rings (SSSR count). The Morgan fingerprint density at radius 3 is 2.81 bits per heavy atom. The molecule has 0 atom stereocenters. The highest BCUT2D eigenvalue weighted by Crippen LogP contribution is 2.31. The molecule has 1 fully saturated rings. The Morgan fingerprint density at radius 2 is 1.96 bits per heavy atom. The smallest absolute Gasteiger partial charge is 0.253 e. The van der Waals surface area contributed by atoms with Gasteiger partial charge in [-0.2, -0.15) is 0 Å². The minimum atomic E-state index is 0.00512. The van der Waals surface area contributed by atoms with Crippen molar-refractivity contribution in [3.63, 3.8) is 0 Å². The number of nitrogens with zero attached hydrogens (tertiary/aromatic N) is 1. The molecular weight excluding hydrogens is 324 g/mol. The lowest BCUT2D eigenvalue weighted by Crippen LogP contribution is -2.31. The number of fused-ring (bicyclic) bond motifs is 2. The number of rotatable bonds is 3. The molecule has 5 nitrogen and oxygen atoms in total. The first-order chi connectivity index (χ1) is 12.8. The van der Waals surface area contributed by atoms with E-state index in [0.29, 0.717) is 12.6 Å². The minimum Gasteiger partial charge on any atom is -0.367 e. The third-order valence-corrected chi connectivity index (χ3v) is 5.52. The number of amides is 1. The van der Waals surface area contributed by atoms with Gasteiger partial charge in [-0.15, -0.1) is 0 Å². The molecule has 132 valence electrons. The summed E-state index contributed by atoms with van der Waals surface area (Å²) >= 11 is 0. The van der Waals surface area contributed by atoms with Gasteiger partial charge in [-0.1, -0.05) is 31.0 Å². The molecule has 0 radical (unpaired) electrons. The molecule has 1 amide bonds. The van der Waals surface area contributed by atoms with Gasteiger partial charge in [-0.25, -0.2) is 4.98 Å². The van der Waals surface area contributed by atoms with Crippen molar-refractivity contribution in [2.45, 2.75) is 38.1 Å². The number of nitrogens with one attached hydrogen (secondary N) is 3. The molecule has 3 aromatic rings. The van der Waals surface area contributed by atoms with E-state index in [2.05, 4.69) is 39.9 Å². The molecule has 1 saturated carbocycles. The number of carbonyl (C=O) groups is 1. The van der Waals surface area contributed by atoms with Crippen molar-refractivity contribution in [3.8, 4) is 11.3 Å². The Kier molecular flexibility index (Phi) is 3.66. The van der Waals surface area contributed by atoms with Gasteiger partial charge in [0.1, 0.15) is 5.82 Å². The molecule has 26 heavy (non-hydrogen) atoms. The standard InChI is InChI=1S/C21H22N4O/c26-21-16-12-18(24-17(16)10-11-22-21)15-7-3-4-13-8-9-19(25-20(13)15)23-14-5-1-2-6-14/h3-4,7-9,12,14,24H,1-2,5-6,10-11H2,(H,22,26)(H,23,25). The van der Waals surface area contributed by atoms with E-state index in [1.807, 2.05) is 12.1 Å². The van der Waals surface area contributed by atoms with Crippen LogP contribution in [-0.2, 0) is 6.42 Å². The summed E-state index contributed by atoms with van der Waals surface area (Å²) in [5.74, 6) is 0.941. The lowest BCUT2D eigenvalue weighted by atomic mass is 10.1. The Bertz CT molecular complexity index is 985. The molecule has 0 unspecified atom stereocenters. The molecule has 0 saturated heterocycles. The summed E-state index contributed by atoms with van der Waals surface area (Å²) in [5, 5.41) is 7.60. The molecule has 3 heterocycles. The molecule has 2 aliphatic rings. The first kappa shape index (κ1) is 15.4. The van der Waals surface area contributed by atoms with Gasteiger partial charge in [0.25, 0.3) is 5.91 Å². The van der Waals surface area contributed by atoms with E-state index < -0.39 is 0 Å². The van der Waals surface area contributed by atoms with Crippen LogP contribution >= 0.6 is 0 Å². The minimum absolute atomic E-state index is 0.00512. The summed E-state index contributed by atoms with van der Waals surface area (Å²) in [4.78, 5) is 20.4. The molecule has 3 N–H and O–H groups in total. The molecule has 1 aromatic carbocycles. The third kappa shape index (κ3) is 2.64. The van der Waals surface area contributed by atoms with Crippen molar-refractivity contribution in [1.29, 1.82) is 0 Å². The van der Waals surface area contributed by atoms with Crippen molar-refractivity contribution in [2.75, 3.05) is 11.9 Å². The number of anilines is 1. The number of para-hydroxylation sites is 1. The second-order valence-electron chi connectivity index (χ2n) is 7.28. The first-order valence-corrected chi connectivity index (χ1v) is 9.45. The molecular formula is C21H22N4O. The van der Waals surface area contributed by atoms with Crippen LogP contribution in [-0.4, -0.2) is 28.5 Å². The summed E-state index contributed by atoms with van der Waals surface area (Å²) in [6.45, 7) is 0.690. The zero-order valence-electron chi connectivity index (χ0n) is 14.6. The van der Waals surface area contributed by atoms with E-state index in [1.165, 1.54) is 25.7 Å². The maximum atomic E-state index is 12.1. The Balaban J connectivity index is 1.57. The second kappa shape index (κ2) is 6.16. The predicted octanol–water partition coefficient (Wildman–Crippen LogP) is 3.87. The lowest BCUT2D eigenvalue weighted by molar-refractivity contribution is 0.0946. The number of H-pyrrole nitrogens is 1. The van der Waals surface area contributed by atoms with Gasteiger partial charge in [0.05, 0.1) is 11.1 Å². The SMILES string of the molecule is O=C1NCCc2[nH]c(-c3cccc4ccc(NC5CCCC5)nc34)cc21. The largest absolute Gasteiger partial charge is 0.367 e. The normalized spacial score (nSPS) is 17.3. The number of aromatic amines is 1. The number of hydrogen-bond acceptors (Lipinski definition) is 3. The van der Waals surface area contributed by atoms with Crippen LogP contribution in [0.1, 0.15) is 41.7 Å². The van der Waals surface area contributed by atoms with Crippen LogP contribution in [0.5, 0.6) is 0 Å². The average Bonchev–Trinajstić information content (AvgIpc) is 3.31. The van der Waals surface area contributed by atoms with Gasteiger partial charge < -0.3 is 15.6 Å². The fourth-order valence-electron chi connectivity index (χ4n) is 4.16. The molecule has 1 aliphatic carbocycles. The van der Waals surface area contributed by atoms with Crippen molar-refractivity contribution >= 4 is 22.6 Å². The summed E-state index contributed by atoms with van der Waals surface area (Å²) in [6, 6.07) is 12.9. The number of hydrogen-bond donors (Lipinski definition) is 3. The Labute approximate surface area is 152 Å². The fourth-order valence-corrected chi connectivity index (χ4v) is 4.16. The molecule has 0 spiro atoms. The van der Waals surface area contributed by atoms with Gasteiger partial charge in [-0.05, 0) is 31.0 Å². The Morgan fingerprint density at radius 1 is 1.08 bits per heavy atom. The van der Waals surface area contributed by atoms with Gasteiger partial charge in [0.15, 0.2) is 0 Å². The Hall–Kier alpha value is -2.82. The zero-order valence-corrected chi connectivity index (χ0v) is 14.6. The summed E-state index contributed by atoms with van der Waals surface area (Å²) in [7, 11) is 0. The number of benzene rings is 1. The van der Waals surface area contributed by atoms with Gasteiger partial charge in [0.2, 0.25) is 0 Å². The highest BCUT2D eigenvalue weighted by atomic mass is 16.1. The molecule has 5 heteroatoms. The molecule has 2 aromatic heterocycles. The molecule has 1 aliphatic heterocycles. The predicted molar refractivity (Wildman–Crippen MR) is 103 cm³/mol. The third-order valence-electron chi connectivity index (χ3n) is 5.52. The van der Waals surface area contributed by atoms with E-state index in [1.54, 1.807) is 0 Å². The summed E-state index contributed by atoms with van der Waals surface area (Å²) in [5.41, 5.74) is 4.74. The quantitative estimate of drug-likeness (QED) is 0.674. The highest BCUT2D eigenvalue weighted by Gasteiger charge is 2.21. The van der Waals surface area contributed by atoms with Crippen LogP contribution in [0.4, 0.5) is 5.82 Å². The zero-order chi connectivity index (χ0) is 17.5.